The Balaban J connectivity index is 1.66. The minimum absolute atomic E-state index is 0.0548. The number of fused-ring (bicyclic) bond motifs is 1. The van der Waals surface area contributed by atoms with E-state index in [0.717, 1.165) is 10.9 Å². The molecule has 3 aromatic rings. The van der Waals surface area contributed by atoms with Crippen molar-refractivity contribution in [2.45, 2.75) is 13.5 Å². The molecule has 0 bridgehead atoms. The predicted molar refractivity (Wildman–Crippen MR) is 86.0 cm³/mol. The summed E-state index contributed by atoms with van der Waals surface area (Å²) in [6.07, 6.45) is 0. The largest absolute Gasteiger partial charge is 0.356 e. The summed E-state index contributed by atoms with van der Waals surface area (Å²) in [5.41, 5.74) is 2.77. The van der Waals surface area contributed by atoms with Gasteiger partial charge in [0.1, 0.15) is 11.5 Å². The van der Waals surface area contributed by atoms with Crippen molar-refractivity contribution in [2.24, 2.45) is 0 Å². The van der Waals surface area contributed by atoms with Crippen LogP contribution in [0.2, 0.25) is 5.02 Å². The van der Waals surface area contributed by atoms with E-state index in [1.807, 2.05) is 25.1 Å². The molecule has 7 heteroatoms. The Kier molecular flexibility index (Phi) is 4.16. The van der Waals surface area contributed by atoms with Crippen LogP contribution in [-0.2, 0) is 6.54 Å². The fourth-order valence-corrected chi connectivity index (χ4v) is 2.32. The van der Waals surface area contributed by atoms with Crippen LogP contribution in [0.25, 0.3) is 11.0 Å². The van der Waals surface area contributed by atoms with Gasteiger partial charge in [0.15, 0.2) is 5.58 Å². The van der Waals surface area contributed by atoms with E-state index in [0.29, 0.717) is 17.0 Å². The van der Waals surface area contributed by atoms with Crippen molar-refractivity contribution in [3.63, 3.8) is 0 Å². The standard InChI is InChI=1S/C16H13ClFN3O2/c1-9-2-5-15-11(6-9)14(21-23-15)8-19-16(22)20-10-3-4-13(18)12(17)7-10/h2-7H,8H2,1H3,(H2,19,20,22). The van der Waals surface area contributed by atoms with E-state index in [-0.39, 0.29) is 11.6 Å². The van der Waals surface area contributed by atoms with Gasteiger partial charge in [-0.2, -0.15) is 0 Å². The van der Waals surface area contributed by atoms with Crippen molar-refractivity contribution in [3.8, 4) is 0 Å². The second-order valence-corrected chi connectivity index (χ2v) is 5.47. The molecule has 1 aromatic heterocycles. The van der Waals surface area contributed by atoms with Crippen molar-refractivity contribution < 1.29 is 13.7 Å². The number of carbonyl (C=O) groups excluding carboxylic acids is 1. The average Bonchev–Trinajstić information content (AvgIpc) is 2.91. The van der Waals surface area contributed by atoms with Gasteiger partial charge in [-0.1, -0.05) is 28.4 Å². The number of amides is 2. The van der Waals surface area contributed by atoms with Gasteiger partial charge in [0.05, 0.1) is 11.6 Å². The summed E-state index contributed by atoms with van der Waals surface area (Å²) in [6, 6.07) is 9.21. The molecule has 0 unspecified atom stereocenters. The second kappa shape index (κ2) is 6.26. The molecule has 5 nitrogen and oxygen atoms in total. The lowest BCUT2D eigenvalue weighted by Crippen LogP contribution is -2.28. The first-order valence-electron chi connectivity index (χ1n) is 6.88. The summed E-state index contributed by atoms with van der Waals surface area (Å²) in [5.74, 6) is -0.540. The van der Waals surface area contributed by atoms with E-state index in [9.17, 15) is 9.18 Å². The van der Waals surface area contributed by atoms with Gasteiger partial charge in [-0.15, -0.1) is 0 Å². The average molecular weight is 334 g/mol. The molecule has 0 fully saturated rings. The third-order valence-electron chi connectivity index (χ3n) is 3.29. The highest BCUT2D eigenvalue weighted by Gasteiger charge is 2.10. The first-order valence-corrected chi connectivity index (χ1v) is 7.25. The Bertz CT molecular complexity index is 879. The topological polar surface area (TPSA) is 67.2 Å². The van der Waals surface area contributed by atoms with Gasteiger partial charge < -0.3 is 15.2 Å². The molecular formula is C16H13ClFN3O2. The van der Waals surface area contributed by atoms with Gasteiger partial charge in [-0.3, -0.25) is 0 Å². The number of benzene rings is 2. The number of hydrogen-bond acceptors (Lipinski definition) is 3. The molecule has 2 N–H and O–H groups in total. The van der Waals surface area contributed by atoms with Crippen LogP contribution in [-0.4, -0.2) is 11.2 Å². The lowest BCUT2D eigenvalue weighted by Gasteiger charge is -2.07. The summed E-state index contributed by atoms with van der Waals surface area (Å²) >= 11 is 5.67. The number of nitrogens with one attached hydrogen (secondary N) is 2. The van der Waals surface area contributed by atoms with Crippen molar-refractivity contribution in [1.82, 2.24) is 10.5 Å². The van der Waals surface area contributed by atoms with Crippen LogP contribution in [0.15, 0.2) is 40.9 Å². The van der Waals surface area contributed by atoms with E-state index in [1.54, 1.807) is 0 Å². The minimum Gasteiger partial charge on any atom is -0.356 e. The van der Waals surface area contributed by atoms with Crippen LogP contribution in [0, 0.1) is 12.7 Å². The van der Waals surface area contributed by atoms with Gasteiger partial charge in [-0.05, 0) is 37.3 Å². The summed E-state index contributed by atoms with van der Waals surface area (Å²) in [6.45, 7) is 2.17. The zero-order valence-corrected chi connectivity index (χ0v) is 12.9. The van der Waals surface area contributed by atoms with Crippen LogP contribution < -0.4 is 10.6 Å². The number of halogens is 2. The first kappa shape index (κ1) is 15.3. The molecule has 0 saturated carbocycles. The normalized spacial score (nSPS) is 10.7. The van der Waals surface area contributed by atoms with Gasteiger partial charge in [0.2, 0.25) is 0 Å². The van der Waals surface area contributed by atoms with Gasteiger partial charge in [-0.25, -0.2) is 9.18 Å². The third kappa shape index (κ3) is 3.43. The number of carbonyl (C=O) groups is 1. The number of rotatable bonds is 3. The lowest BCUT2D eigenvalue weighted by atomic mass is 10.1. The molecule has 3 rings (SSSR count). The predicted octanol–water partition coefficient (Wildman–Crippen LogP) is 4.25. The number of urea groups is 1. The van der Waals surface area contributed by atoms with E-state index < -0.39 is 11.8 Å². The monoisotopic (exact) mass is 333 g/mol. The minimum atomic E-state index is -0.540. The maximum Gasteiger partial charge on any atom is 0.319 e. The summed E-state index contributed by atoms with van der Waals surface area (Å²) in [5, 5.41) is 10.00. The fourth-order valence-electron chi connectivity index (χ4n) is 2.14. The van der Waals surface area contributed by atoms with Crippen molar-refractivity contribution in [1.29, 1.82) is 0 Å². The Morgan fingerprint density at radius 1 is 1.30 bits per heavy atom. The Morgan fingerprint density at radius 3 is 2.91 bits per heavy atom. The maximum atomic E-state index is 13.1. The molecule has 0 radical (unpaired) electrons. The molecule has 0 aliphatic carbocycles. The molecule has 0 spiro atoms. The Hall–Kier alpha value is -2.60. The highest BCUT2D eigenvalue weighted by Crippen LogP contribution is 2.20. The number of aromatic nitrogens is 1. The highest BCUT2D eigenvalue weighted by atomic mass is 35.5. The van der Waals surface area contributed by atoms with E-state index in [4.69, 9.17) is 16.1 Å². The maximum absolute atomic E-state index is 13.1. The summed E-state index contributed by atoms with van der Waals surface area (Å²) in [4.78, 5) is 11.9. The molecule has 2 amide bonds. The first-order chi connectivity index (χ1) is 11.0. The van der Waals surface area contributed by atoms with Crippen molar-refractivity contribution in [3.05, 3.63) is 58.5 Å². The van der Waals surface area contributed by atoms with E-state index in [2.05, 4.69) is 15.8 Å². The Morgan fingerprint density at radius 2 is 2.13 bits per heavy atom. The zero-order valence-electron chi connectivity index (χ0n) is 12.2. The molecule has 118 valence electrons. The number of nitrogens with zero attached hydrogens (tertiary/aromatic N) is 1. The third-order valence-corrected chi connectivity index (χ3v) is 3.58. The Labute approximate surface area is 136 Å². The molecule has 1 heterocycles. The summed E-state index contributed by atoms with van der Waals surface area (Å²) < 4.78 is 18.3. The molecule has 2 aromatic carbocycles. The van der Waals surface area contributed by atoms with E-state index >= 15 is 0 Å². The van der Waals surface area contributed by atoms with Gasteiger partial charge in [0, 0.05) is 11.1 Å². The number of hydrogen-bond donors (Lipinski definition) is 2. The zero-order chi connectivity index (χ0) is 16.4. The highest BCUT2D eigenvalue weighted by molar-refractivity contribution is 6.31. The quantitative estimate of drug-likeness (QED) is 0.753. The van der Waals surface area contributed by atoms with Crippen LogP contribution in [0.5, 0.6) is 0 Å². The number of anilines is 1. The van der Waals surface area contributed by atoms with Crippen LogP contribution in [0.3, 0.4) is 0 Å². The van der Waals surface area contributed by atoms with Crippen LogP contribution in [0.1, 0.15) is 11.3 Å². The summed E-state index contributed by atoms with van der Waals surface area (Å²) in [7, 11) is 0. The number of aryl methyl sites for hydroxylation is 1. The van der Waals surface area contributed by atoms with Crippen molar-refractivity contribution >= 4 is 34.3 Å². The lowest BCUT2D eigenvalue weighted by molar-refractivity contribution is 0.251. The van der Waals surface area contributed by atoms with Crippen LogP contribution in [0.4, 0.5) is 14.9 Å². The molecule has 0 atom stereocenters. The van der Waals surface area contributed by atoms with Crippen molar-refractivity contribution in [2.75, 3.05) is 5.32 Å². The van der Waals surface area contributed by atoms with Gasteiger partial charge >= 0.3 is 6.03 Å². The van der Waals surface area contributed by atoms with Gasteiger partial charge in [0.25, 0.3) is 0 Å². The van der Waals surface area contributed by atoms with E-state index in [1.165, 1.54) is 18.2 Å². The molecule has 0 saturated heterocycles. The molecule has 0 aliphatic rings. The second-order valence-electron chi connectivity index (χ2n) is 5.07. The smallest absolute Gasteiger partial charge is 0.319 e. The fraction of sp³-hybridized carbons (Fsp3) is 0.125. The van der Waals surface area contributed by atoms with Crippen LogP contribution >= 0.6 is 11.6 Å². The SMILES string of the molecule is Cc1ccc2onc(CNC(=O)Nc3ccc(F)c(Cl)c3)c2c1. The molecular weight excluding hydrogens is 321 g/mol. The molecule has 23 heavy (non-hydrogen) atoms. The molecule has 0 aliphatic heterocycles.